The molecule has 0 spiro atoms. The maximum absolute atomic E-state index is 13.4. The molecule has 1 aromatic heterocycles. The Morgan fingerprint density at radius 2 is 2.05 bits per heavy atom. The van der Waals surface area contributed by atoms with Crippen LogP contribution in [0.3, 0.4) is 0 Å². The van der Waals surface area contributed by atoms with Crippen molar-refractivity contribution in [2.24, 2.45) is 0 Å². The summed E-state index contributed by atoms with van der Waals surface area (Å²) in [6, 6.07) is 14.6. The molecule has 0 aliphatic heterocycles. The minimum atomic E-state index is -0.261. The largest absolute Gasteiger partial charge is 0.343 e. The van der Waals surface area contributed by atoms with E-state index < -0.39 is 0 Å². The first-order valence-corrected chi connectivity index (χ1v) is 6.89. The third-order valence-electron chi connectivity index (χ3n) is 3.21. The normalized spacial score (nSPS) is 10.7. The third kappa shape index (κ3) is 2.33. The van der Waals surface area contributed by atoms with Crippen LogP contribution in [0.15, 0.2) is 53.1 Å². The number of halogens is 2. The summed E-state index contributed by atoms with van der Waals surface area (Å²) in [5, 5.41) is 10.0. The maximum Gasteiger partial charge on any atom is 0.124 e. The van der Waals surface area contributed by atoms with Gasteiger partial charge in [-0.3, -0.25) is 0 Å². The Hall–Kier alpha value is -2.12. The van der Waals surface area contributed by atoms with E-state index in [-0.39, 0.29) is 5.82 Å². The lowest BCUT2D eigenvalue weighted by molar-refractivity contribution is 0.623. The Kier molecular flexibility index (Phi) is 3.29. The Morgan fingerprint density at radius 1 is 1.20 bits per heavy atom. The number of aromatic nitrogens is 1. The summed E-state index contributed by atoms with van der Waals surface area (Å²) in [6.07, 6.45) is 1.92. The molecule has 0 fully saturated rings. The van der Waals surface area contributed by atoms with Gasteiger partial charge in [0.2, 0.25) is 0 Å². The van der Waals surface area contributed by atoms with Gasteiger partial charge in [-0.1, -0.05) is 22.0 Å². The van der Waals surface area contributed by atoms with Crippen LogP contribution in [-0.2, 0) is 6.54 Å². The summed E-state index contributed by atoms with van der Waals surface area (Å²) in [4.78, 5) is 0. The van der Waals surface area contributed by atoms with E-state index >= 15 is 0 Å². The Bertz CT molecular complexity index is 810. The van der Waals surface area contributed by atoms with Crippen LogP contribution in [-0.4, -0.2) is 4.57 Å². The predicted molar refractivity (Wildman–Crippen MR) is 79.9 cm³/mol. The fraction of sp³-hybridized carbons (Fsp3) is 0.0625. The zero-order valence-corrected chi connectivity index (χ0v) is 12.1. The van der Waals surface area contributed by atoms with Gasteiger partial charge in [-0.25, -0.2) is 4.39 Å². The van der Waals surface area contributed by atoms with Crippen LogP contribution in [0.2, 0.25) is 0 Å². The molecule has 0 N–H and O–H groups in total. The fourth-order valence-electron chi connectivity index (χ4n) is 2.36. The molecule has 2 nitrogen and oxygen atoms in total. The minimum Gasteiger partial charge on any atom is -0.343 e. The van der Waals surface area contributed by atoms with E-state index in [0.29, 0.717) is 12.1 Å². The number of nitriles is 1. The van der Waals surface area contributed by atoms with Crippen LogP contribution in [0.1, 0.15) is 11.1 Å². The van der Waals surface area contributed by atoms with E-state index in [2.05, 4.69) is 22.0 Å². The van der Waals surface area contributed by atoms with Crippen LogP contribution in [0.25, 0.3) is 10.9 Å². The molecule has 3 aromatic rings. The zero-order chi connectivity index (χ0) is 14.1. The van der Waals surface area contributed by atoms with Crippen molar-refractivity contribution in [2.75, 3.05) is 0 Å². The highest BCUT2D eigenvalue weighted by atomic mass is 79.9. The quantitative estimate of drug-likeness (QED) is 0.682. The van der Waals surface area contributed by atoms with Crippen LogP contribution in [0.4, 0.5) is 4.39 Å². The van der Waals surface area contributed by atoms with Gasteiger partial charge in [0.1, 0.15) is 5.82 Å². The lowest BCUT2D eigenvalue weighted by atomic mass is 10.1. The molecular formula is C16H10BrFN2. The average Bonchev–Trinajstić information content (AvgIpc) is 2.81. The average molecular weight is 329 g/mol. The second-order valence-corrected chi connectivity index (χ2v) is 5.49. The third-order valence-corrected chi connectivity index (χ3v) is 3.67. The molecular weight excluding hydrogens is 319 g/mol. The fourth-order valence-corrected chi connectivity index (χ4v) is 2.87. The molecule has 0 unspecified atom stereocenters. The number of hydrogen-bond acceptors (Lipinski definition) is 1. The molecule has 2 aromatic carbocycles. The van der Waals surface area contributed by atoms with E-state index in [1.54, 1.807) is 6.07 Å². The lowest BCUT2D eigenvalue weighted by Crippen LogP contribution is -1.98. The number of rotatable bonds is 2. The smallest absolute Gasteiger partial charge is 0.124 e. The van der Waals surface area contributed by atoms with Crippen molar-refractivity contribution in [3.63, 3.8) is 0 Å². The van der Waals surface area contributed by atoms with Crippen molar-refractivity contribution in [2.45, 2.75) is 6.54 Å². The molecule has 0 amide bonds. The van der Waals surface area contributed by atoms with Crippen LogP contribution < -0.4 is 0 Å². The second kappa shape index (κ2) is 5.10. The van der Waals surface area contributed by atoms with E-state index in [9.17, 15) is 4.39 Å². The highest BCUT2D eigenvalue weighted by Crippen LogP contribution is 2.22. The van der Waals surface area contributed by atoms with Gasteiger partial charge in [-0.05, 0) is 42.0 Å². The molecule has 98 valence electrons. The lowest BCUT2D eigenvalue weighted by Gasteiger charge is -2.07. The van der Waals surface area contributed by atoms with Crippen LogP contribution >= 0.6 is 15.9 Å². The summed E-state index contributed by atoms with van der Waals surface area (Å²) in [5.74, 6) is -0.261. The Labute approximate surface area is 124 Å². The Morgan fingerprint density at radius 3 is 2.80 bits per heavy atom. The van der Waals surface area contributed by atoms with Crippen molar-refractivity contribution >= 4 is 26.8 Å². The van der Waals surface area contributed by atoms with Crippen molar-refractivity contribution in [3.05, 3.63) is 70.1 Å². The highest BCUT2D eigenvalue weighted by molar-refractivity contribution is 9.10. The van der Waals surface area contributed by atoms with Gasteiger partial charge in [0, 0.05) is 28.1 Å². The minimum absolute atomic E-state index is 0.261. The number of hydrogen-bond donors (Lipinski definition) is 0. The molecule has 0 atom stereocenters. The van der Waals surface area contributed by atoms with Gasteiger partial charge in [-0.15, -0.1) is 0 Å². The Balaban J connectivity index is 2.05. The van der Waals surface area contributed by atoms with Crippen LogP contribution in [0.5, 0.6) is 0 Å². The van der Waals surface area contributed by atoms with Crippen molar-refractivity contribution < 1.29 is 4.39 Å². The summed E-state index contributed by atoms with van der Waals surface area (Å²) in [6.45, 7) is 0.564. The standard InChI is InChI=1S/C16H10BrFN2/c17-13-6-11(7-14(18)8-13)10-20-5-4-15-12(9-19)2-1-3-16(15)20/h1-8H,10H2. The summed E-state index contributed by atoms with van der Waals surface area (Å²) >= 11 is 3.30. The van der Waals surface area contributed by atoms with Gasteiger partial charge in [-0.2, -0.15) is 5.26 Å². The van der Waals surface area contributed by atoms with Gasteiger partial charge >= 0.3 is 0 Å². The molecule has 0 saturated carbocycles. The van der Waals surface area contributed by atoms with Crippen molar-refractivity contribution in [1.82, 2.24) is 4.57 Å². The van der Waals surface area contributed by atoms with Gasteiger partial charge in [0.05, 0.1) is 11.6 Å². The van der Waals surface area contributed by atoms with E-state index in [0.717, 1.165) is 20.9 Å². The first kappa shape index (κ1) is 12.9. The predicted octanol–water partition coefficient (Wildman–Crippen LogP) is 4.46. The van der Waals surface area contributed by atoms with Crippen LogP contribution in [0, 0.1) is 17.1 Å². The van der Waals surface area contributed by atoms with Gasteiger partial charge in [0.25, 0.3) is 0 Å². The van der Waals surface area contributed by atoms with Crippen molar-refractivity contribution in [1.29, 1.82) is 5.26 Å². The summed E-state index contributed by atoms with van der Waals surface area (Å²) in [7, 11) is 0. The molecule has 0 radical (unpaired) electrons. The molecule has 0 aliphatic carbocycles. The van der Waals surface area contributed by atoms with Gasteiger partial charge in [0.15, 0.2) is 0 Å². The summed E-state index contributed by atoms with van der Waals surface area (Å²) in [5.41, 5.74) is 2.50. The molecule has 1 heterocycles. The highest BCUT2D eigenvalue weighted by Gasteiger charge is 2.06. The van der Waals surface area contributed by atoms with E-state index in [4.69, 9.17) is 5.26 Å². The number of benzene rings is 2. The molecule has 20 heavy (non-hydrogen) atoms. The van der Waals surface area contributed by atoms with E-state index in [1.807, 2.05) is 35.0 Å². The van der Waals surface area contributed by atoms with E-state index in [1.165, 1.54) is 12.1 Å². The van der Waals surface area contributed by atoms with Crippen molar-refractivity contribution in [3.8, 4) is 6.07 Å². The monoisotopic (exact) mass is 328 g/mol. The molecule has 0 aliphatic rings. The maximum atomic E-state index is 13.4. The molecule has 4 heteroatoms. The SMILES string of the molecule is N#Cc1cccc2c1ccn2Cc1cc(F)cc(Br)c1. The summed E-state index contributed by atoms with van der Waals surface area (Å²) < 4.78 is 16.1. The topological polar surface area (TPSA) is 28.7 Å². The number of fused-ring (bicyclic) bond motifs is 1. The second-order valence-electron chi connectivity index (χ2n) is 4.57. The molecule has 0 bridgehead atoms. The van der Waals surface area contributed by atoms with Gasteiger partial charge < -0.3 is 4.57 Å². The molecule has 3 rings (SSSR count). The molecule has 0 saturated heterocycles. The number of nitrogens with zero attached hydrogens (tertiary/aromatic N) is 2. The first-order chi connectivity index (χ1) is 9.67. The zero-order valence-electron chi connectivity index (χ0n) is 10.5. The first-order valence-electron chi connectivity index (χ1n) is 6.10.